The molecule has 0 fully saturated rings. The van der Waals surface area contributed by atoms with E-state index in [1.807, 2.05) is 22.6 Å². The molecule has 0 heterocycles. The van der Waals surface area contributed by atoms with Gasteiger partial charge < -0.3 is 16.2 Å². The Balaban J connectivity index is 2.55. The van der Waals surface area contributed by atoms with Gasteiger partial charge in [-0.1, -0.05) is 6.07 Å². The van der Waals surface area contributed by atoms with E-state index in [4.69, 9.17) is 17.2 Å². The largest absolute Gasteiger partial charge is 0.507 e. The molecule has 0 spiro atoms. The van der Waals surface area contributed by atoms with Gasteiger partial charge in [0.05, 0.1) is 3.57 Å². The van der Waals surface area contributed by atoms with Crippen LogP contribution in [0.2, 0.25) is 0 Å². The van der Waals surface area contributed by atoms with Gasteiger partial charge in [0.2, 0.25) is 11.7 Å². The minimum absolute atomic E-state index is 0.101. The Morgan fingerprint density at radius 2 is 2.00 bits per heavy atom. The van der Waals surface area contributed by atoms with Gasteiger partial charge in [-0.15, -0.1) is 0 Å². The summed E-state index contributed by atoms with van der Waals surface area (Å²) in [6, 6.07) is 5.01. The van der Waals surface area contributed by atoms with Crippen LogP contribution in [0.1, 0.15) is 12.0 Å². The molecule has 0 aliphatic carbocycles. The minimum atomic E-state index is -2.04. The van der Waals surface area contributed by atoms with E-state index in [-0.39, 0.29) is 12.2 Å². The Hall–Kier alpha value is -1.39. The Morgan fingerprint density at radius 3 is 2.53 bits per heavy atom. The molecule has 0 aliphatic heterocycles. The second kappa shape index (κ2) is 6.17. The number of nitrogens with one attached hydrogen (secondary N) is 1. The maximum absolute atomic E-state index is 11.6. The zero-order valence-corrected chi connectivity index (χ0v) is 12.2. The highest BCUT2D eigenvalue weighted by Gasteiger charge is 2.28. The van der Waals surface area contributed by atoms with Crippen molar-refractivity contribution in [3.63, 3.8) is 0 Å². The Bertz CT molecular complexity index is 505. The van der Waals surface area contributed by atoms with Crippen molar-refractivity contribution in [1.82, 2.24) is 5.32 Å². The molecule has 1 aromatic carbocycles. The molecule has 0 aliphatic rings. The number of phenolic OH excluding ortho intramolecular Hbond substituents is 1. The monoisotopic (exact) mass is 376 g/mol. The molecule has 0 saturated carbocycles. The number of halogens is 1. The van der Waals surface area contributed by atoms with Gasteiger partial charge in [0.1, 0.15) is 5.75 Å². The summed E-state index contributed by atoms with van der Waals surface area (Å²) < 4.78 is 0.694. The van der Waals surface area contributed by atoms with Gasteiger partial charge in [0.15, 0.2) is 0 Å². The van der Waals surface area contributed by atoms with Crippen LogP contribution < -0.4 is 22.5 Å². The van der Waals surface area contributed by atoms with E-state index in [0.717, 1.165) is 5.56 Å². The Labute approximate surface area is 123 Å². The van der Waals surface area contributed by atoms with Gasteiger partial charge in [-0.2, -0.15) is 0 Å². The number of benzene rings is 1. The summed E-state index contributed by atoms with van der Waals surface area (Å²) in [5.74, 6) is -3.35. The molecule has 0 unspecified atom stereocenters. The Kier molecular flexibility index (Phi) is 5.09. The molecule has 0 atom stereocenters. The van der Waals surface area contributed by atoms with Crippen LogP contribution in [0.4, 0.5) is 0 Å². The normalized spacial score (nSPS) is 11.1. The summed E-state index contributed by atoms with van der Waals surface area (Å²) in [6.07, 6.45) is 0.529. The smallest absolute Gasteiger partial charge is 0.273 e. The first kappa shape index (κ1) is 15.7. The van der Waals surface area contributed by atoms with Crippen LogP contribution in [0.5, 0.6) is 5.75 Å². The summed E-state index contributed by atoms with van der Waals surface area (Å²) in [5.41, 5.74) is 16.4. The van der Waals surface area contributed by atoms with Gasteiger partial charge in [-0.05, 0) is 46.7 Å². The molecular formula is C11H15IN4O3. The molecule has 8 N–H and O–H groups in total. The number of aromatic hydroxyl groups is 1. The van der Waals surface area contributed by atoms with Crippen LogP contribution in [0.15, 0.2) is 18.2 Å². The molecule has 8 heteroatoms. The zero-order valence-electron chi connectivity index (χ0n) is 10.0. The third kappa shape index (κ3) is 4.65. The van der Waals surface area contributed by atoms with Crippen LogP contribution >= 0.6 is 22.6 Å². The Morgan fingerprint density at radius 1 is 1.37 bits per heavy atom. The lowest BCUT2D eigenvalue weighted by atomic mass is 10.1. The molecule has 0 saturated heterocycles. The SMILES string of the molecule is NC(=O)C(N)(N)NC(=O)CCc1ccc(O)c([125I])c1. The van der Waals surface area contributed by atoms with Gasteiger partial charge in [0, 0.05) is 6.42 Å². The second-order valence-electron chi connectivity index (χ2n) is 4.07. The third-order valence-electron chi connectivity index (χ3n) is 2.41. The van der Waals surface area contributed by atoms with Crippen LogP contribution in [0.25, 0.3) is 0 Å². The van der Waals surface area contributed by atoms with Crippen LogP contribution in [0, 0.1) is 3.57 Å². The van der Waals surface area contributed by atoms with Crippen molar-refractivity contribution in [3.8, 4) is 5.75 Å². The molecule has 104 valence electrons. The maximum Gasteiger partial charge on any atom is 0.273 e. The molecule has 0 bridgehead atoms. The number of primary amides is 1. The van der Waals surface area contributed by atoms with Gasteiger partial charge in [-0.3, -0.25) is 21.1 Å². The van der Waals surface area contributed by atoms with Crippen LogP contribution in [0.3, 0.4) is 0 Å². The number of amides is 2. The fraction of sp³-hybridized carbons (Fsp3) is 0.273. The predicted octanol–water partition coefficient (Wildman–Crippen LogP) is -0.898. The molecule has 0 radical (unpaired) electrons. The molecule has 1 rings (SSSR count). The maximum atomic E-state index is 11.6. The number of hydrogen-bond acceptors (Lipinski definition) is 5. The lowest BCUT2D eigenvalue weighted by molar-refractivity contribution is -0.131. The molecule has 2 amide bonds. The number of phenols is 1. The van der Waals surface area contributed by atoms with Crippen molar-refractivity contribution in [2.75, 3.05) is 0 Å². The number of carbonyl (C=O) groups is 2. The zero-order chi connectivity index (χ0) is 14.6. The summed E-state index contributed by atoms with van der Waals surface area (Å²) in [4.78, 5) is 22.4. The topological polar surface area (TPSA) is 144 Å². The highest BCUT2D eigenvalue weighted by molar-refractivity contribution is 14.1. The van der Waals surface area contributed by atoms with Crippen molar-refractivity contribution in [1.29, 1.82) is 0 Å². The molecular weight excluding hydrogens is 361 g/mol. The summed E-state index contributed by atoms with van der Waals surface area (Å²) in [5, 5.41) is 11.5. The average Bonchev–Trinajstić information content (AvgIpc) is 2.30. The highest BCUT2D eigenvalue weighted by Crippen LogP contribution is 2.20. The second-order valence-corrected chi connectivity index (χ2v) is 5.23. The van der Waals surface area contributed by atoms with E-state index in [2.05, 4.69) is 5.32 Å². The van der Waals surface area contributed by atoms with Crippen molar-refractivity contribution >= 4 is 34.4 Å². The van der Waals surface area contributed by atoms with Crippen LogP contribution in [-0.2, 0) is 16.0 Å². The van der Waals surface area contributed by atoms with E-state index in [1.54, 1.807) is 18.2 Å². The van der Waals surface area contributed by atoms with E-state index in [1.165, 1.54) is 0 Å². The molecule has 0 aromatic heterocycles. The van der Waals surface area contributed by atoms with E-state index in [0.29, 0.717) is 9.99 Å². The summed E-state index contributed by atoms with van der Waals surface area (Å²) >= 11 is 1.99. The minimum Gasteiger partial charge on any atom is -0.507 e. The number of rotatable bonds is 5. The third-order valence-corrected chi connectivity index (χ3v) is 3.27. The van der Waals surface area contributed by atoms with Crippen molar-refractivity contribution < 1.29 is 14.7 Å². The average molecular weight is 376 g/mol. The van der Waals surface area contributed by atoms with E-state index in [9.17, 15) is 14.7 Å². The predicted molar refractivity (Wildman–Crippen MR) is 77.6 cm³/mol. The number of hydrogen-bond donors (Lipinski definition) is 5. The van der Waals surface area contributed by atoms with Gasteiger partial charge in [-0.25, -0.2) is 0 Å². The van der Waals surface area contributed by atoms with E-state index >= 15 is 0 Å². The fourth-order valence-corrected chi connectivity index (χ4v) is 1.90. The molecule has 19 heavy (non-hydrogen) atoms. The standard InChI is InChI=1S/C11H15IN4O3/c12-7-5-6(1-3-8(7)17)2-4-9(18)16-11(14,15)10(13)19/h1,3,5,17H,2,4,14-15H2,(H2,13,19)(H,16,18)/i12-2. The van der Waals surface area contributed by atoms with Crippen molar-refractivity contribution in [3.05, 3.63) is 27.3 Å². The first-order valence-corrected chi connectivity index (χ1v) is 6.46. The van der Waals surface area contributed by atoms with Crippen molar-refractivity contribution in [2.45, 2.75) is 18.6 Å². The van der Waals surface area contributed by atoms with Gasteiger partial charge >= 0.3 is 0 Å². The highest BCUT2D eigenvalue weighted by atomic mass is 125. The summed E-state index contributed by atoms with van der Waals surface area (Å²) in [6.45, 7) is 0. The van der Waals surface area contributed by atoms with Crippen molar-refractivity contribution in [2.24, 2.45) is 17.2 Å². The summed E-state index contributed by atoms with van der Waals surface area (Å²) in [7, 11) is 0. The number of carbonyl (C=O) groups excluding carboxylic acids is 2. The quantitative estimate of drug-likeness (QED) is 0.334. The lowest BCUT2D eigenvalue weighted by Gasteiger charge is -2.21. The molecule has 7 nitrogen and oxygen atoms in total. The van der Waals surface area contributed by atoms with Crippen LogP contribution in [-0.4, -0.2) is 22.7 Å². The van der Waals surface area contributed by atoms with Gasteiger partial charge in [0.25, 0.3) is 5.91 Å². The number of nitrogens with two attached hydrogens (primary N) is 3. The first-order valence-electron chi connectivity index (χ1n) is 5.38. The first-order chi connectivity index (χ1) is 8.72. The number of aryl methyl sites for hydroxylation is 1. The fourth-order valence-electron chi connectivity index (χ4n) is 1.32. The molecule has 1 aromatic rings. The lowest BCUT2D eigenvalue weighted by Crippen LogP contribution is -2.70. The van der Waals surface area contributed by atoms with E-state index < -0.39 is 17.6 Å².